The molecule has 1 amide bonds. The summed E-state index contributed by atoms with van der Waals surface area (Å²) in [5.74, 6) is -0.480. The Balaban J connectivity index is 1.74. The molecule has 3 heterocycles. The summed E-state index contributed by atoms with van der Waals surface area (Å²) in [6, 6.07) is -0.973. The van der Waals surface area contributed by atoms with Crippen molar-refractivity contribution in [1.29, 1.82) is 0 Å². The SMILES string of the molecule is CC(Nc1ncnc(-c2c[nH]c3ncncc23)n1)C(=O)NCC(F)(F)F. The van der Waals surface area contributed by atoms with Gasteiger partial charge in [-0.25, -0.2) is 19.9 Å². The van der Waals surface area contributed by atoms with Crippen molar-refractivity contribution in [2.45, 2.75) is 19.1 Å². The largest absolute Gasteiger partial charge is 0.405 e. The summed E-state index contributed by atoms with van der Waals surface area (Å²) in [7, 11) is 0. The molecule has 0 aliphatic rings. The van der Waals surface area contributed by atoms with E-state index in [0.29, 0.717) is 22.4 Å². The van der Waals surface area contributed by atoms with Crippen molar-refractivity contribution < 1.29 is 18.0 Å². The lowest BCUT2D eigenvalue weighted by Crippen LogP contribution is -2.42. The first-order chi connectivity index (χ1) is 12.3. The molecule has 0 radical (unpaired) electrons. The zero-order valence-electron chi connectivity index (χ0n) is 13.4. The average molecular weight is 366 g/mol. The molecule has 3 aromatic rings. The number of aromatic amines is 1. The molecule has 3 N–H and O–H groups in total. The third kappa shape index (κ3) is 4.02. The summed E-state index contributed by atoms with van der Waals surface area (Å²) >= 11 is 0. The molecule has 0 spiro atoms. The Morgan fingerprint density at radius 1 is 1.27 bits per heavy atom. The summed E-state index contributed by atoms with van der Waals surface area (Å²) < 4.78 is 36.5. The van der Waals surface area contributed by atoms with Gasteiger partial charge in [0, 0.05) is 23.3 Å². The van der Waals surface area contributed by atoms with E-state index in [4.69, 9.17) is 0 Å². The molecule has 1 unspecified atom stereocenters. The van der Waals surface area contributed by atoms with Crippen LogP contribution >= 0.6 is 0 Å². The summed E-state index contributed by atoms with van der Waals surface area (Å²) in [6.07, 6.45) is 1.39. The van der Waals surface area contributed by atoms with Crippen LogP contribution < -0.4 is 10.6 Å². The molecular formula is C14H13F3N8O. The number of carbonyl (C=O) groups is 1. The van der Waals surface area contributed by atoms with Gasteiger partial charge in [-0.1, -0.05) is 0 Å². The second-order valence-electron chi connectivity index (χ2n) is 5.32. The molecule has 0 saturated carbocycles. The number of nitrogens with zero attached hydrogens (tertiary/aromatic N) is 5. The van der Waals surface area contributed by atoms with Crippen LogP contribution in [0.25, 0.3) is 22.4 Å². The Morgan fingerprint density at radius 3 is 2.85 bits per heavy atom. The van der Waals surface area contributed by atoms with Crippen molar-refractivity contribution in [3.63, 3.8) is 0 Å². The molecule has 3 aromatic heterocycles. The molecule has 0 fully saturated rings. The quantitative estimate of drug-likeness (QED) is 0.622. The van der Waals surface area contributed by atoms with E-state index in [0.717, 1.165) is 0 Å². The lowest BCUT2D eigenvalue weighted by atomic mass is 10.2. The summed E-state index contributed by atoms with van der Waals surface area (Å²) in [5, 5.41) is 5.13. The number of rotatable bonds is 5. The van der Waals surface area contributed by atoms with Gasteiger partial charge < -0.3 is 15.6 Å². The van der Waals surface area contributed by atoms with E-state index in [2.05, 4.69) is 35.2 Å². The van der Waals surface area contributed by atoms with Gasteiger partial charge in [-0.15, -0.1) is 0 Å². The second kappa shape index (κ2) is 6.90. The van der Waals surface area contributed by atoms with Crippen LogP contribution in [-0.2, 0) is 4.79 Å². The number of hydrogen-bond acceptors (Lipinski definition) is 7. The number of halogens is 3. The highest BCUT2D eigenvalue weighted by atomic mass is 19.4. The first-order valence-electron chi connectivity index (χ1n) is 7.41. The van der Waals surface area contributed by atoms with Crippen LogP contribution in [0.2, 0.25) is 0 Å². The van der Waals surface area contributed by atoms with E-state index in [1.807, 2.05) is 0 Å². The first kappa shape index (κ1) is 17.5. The van der Waals surface area contributed by atoms with Gasteiger partial charge in [0.25, 0.3) is 0 Å². The Morgan fingerprint density at radius 2 is 2.08 bits per heavy atom. The molecule has 0 aliphatic carbocycles. The molecule has 0 aliphatic heterocycles. The van der Waals surface area contributed by atoms with E-state index in [-0.39, 0.29) is 5.95 Å². The Kier molecular flexibility index (Phi) is 4.65. The number of alkyl halides is 3. The minimum Gasteiger partial charge on any atom is -0.345 e. The maximum absolute atomic E-state index is 12.2. The molecule has 136 valence electrons. The van der Waals surface area contributed by atoms with Crippen LogP contribution in [0.15, 0.2) is 25.0 Å². The van der Waals surface area contributed by atoms with Gasteiger partial charge in [0.15, 0.2) is 5.82 Å². The maximum Gasteiger partial charge on any atom is 0.405 e. The molecule has 3 rings (SSSR count). The fourth-order valence-electron chi connectivity index (χ4n) is 2.14. The zero-order chi connectivity index (χ0) is 18.7. The molecule has 0 saturated heterocycles. The van der Waals surface area contributed by atoms with Gasteiger partial charge in [-0.3, -0.25) is 4.79 Å². The molecule has 9 nitrogen and oxygen atoms in total. The van der Waals surface area contributed by atoms with E-state index in [9.17, 15) is 18.0 Å². The number of carbonyl (C=O) groups excluding carboxylic acids is 1. The van der Waals surface area contributed by atoms with Crippen LogP contribution in [0.5, 0.6) is 0 Å². The van der Waals surface area contributed by atoms with Gasteiger partial charge in [0.05, 0.1) is 0 Å². The van der Waals surface area contributed by atoms with Crippen molar-refractivity contribution >= 4 is 22.9 Å². The highest BCUT2D eigenvalue weighted by Gasteiger charge is 2.28. The number of H-pyrrole nitrogens is 1. The number of hydrogen-bond donors (Lipinski definition) is 3. The van der Waals surface area contributed by atoms with Crippen molar-refractivity contribution in [1.82, 2.24) is 35.2 Å². The molecular weight excluding hydrogens is 353 g/mol. The smallest absolute Gasteiger partial charge is 0.345 e. The summed E-state index contributed by atoms with van der Waals surface area (Å²) in [5.41, 5.74) is 1.23. The van der Waals surface area contributed by atoms with Crippen LogP contribution in [0.4, 0.5) is 19.1 Å². The standard InChI is InChI=1S/C14H13F3N8O/c1-7(12(26)20-4-14(15,16)17)24-13-23-6-22-11(25-13)9-3-19-10-8(9)2-18-5-21-10/h2-3,5-7H,4H2,1H3,(H,20,26)(H,18,19,21)(H,22,23,24,25). The highest BCUT2D eigenvalue weighted by molar-refractivity contribution is 5.90. The second-order valence-corrected chi connectivity index (χ2v) is 5.32. The molecule has 12 heteroatoms. The van der Waals surface area contributed by atoms with Gasteiger partial charge in [0.1, 0.15) is 30.9 Å². The van der Waals surface area contributed by atoms with E-state index < -0.39 is 24.7 Å². The van der Waals surface area contributed by atoms with Crippen LogP contribution in [0.3, 0.4) is 0 Å². The average Bonchev–Trinajstić information content (AvgIpc) is 3.03. The minimum absolute atomic E-state index is 0.0517. The van der Waals surface area contributed by atoms with Crippen molar-refractivity contribution in [3.05, 3.63) is 25.0 Å². The Hall–Kier alpha value is -3.31. The highest BCUT2D eigenvalue weighted by Crippen LogP contribution is 2.24. The molecule has 0 aromatic carbocycles. The third-order valence-corrected chi connectivity index (χ3v) is 3.37. The summed E-state index contributed by atoms with van der Waals surface area (Å²) in [4.78, 5) is 34.8. The van der Waals surface area contributed by atoms with Crippen molar-refractivity contribution in [2.75, 3.05) is 11.9 Å². The predicted octanol–water partition coefficient (Wildman–Crippen LogP) is 1.29. The number of nitrogens with one attached hydrogen (secondary N) is 3. The van der Waals surface area contributed by atoms with Crippen LogP contribution in [-0.4, -0.2) is 54.6 Å². The van der Waals surface area contributed by atoms with Gasteiger partial charge in [-0.2, -0.15) is 18.2 Å². The zero-order valence-corrected chi connectivity index (χ0v) is 13.4. The van der Waals surface area contributed by atoms with E-state index in [1.54, 1.807) is 17.7 Å². The predicted molar refractivity (Wildman–Crippen MR) is 84.9 cm³/mol. The summed E-state index contributed by atoms with van der Waals surface area (Å²) in [6.45, 7) is -0.00958. The van der Waals surface area contributed by atoms with Crippen molar-refractivity contribution in [2.24, 2.45) is 0 Å². The fraction of sp³-hybridized carbons (Fsp3) is 0.286. The number of amides is 1. The first-order valence-corrected chi connectivity index (χ1v) is 7.41. The molecule has 26 heavy (non-hydrogen) atoms. The third-order valence-electron chi connectivity index (χ3n) is 3.37. The number of anilines is 1. The normalized spacial score (nSPS) is 12.8. The van der Waals surface area contributed by atoms with Crippen molar-refractivity contribution in [3.8, 4) is 11.4 Å². The van der Waals surface area contributed by atoms with Crippen LogP contribution in [0, 0.1) is 0 Å². The minimum atomic E-state index is -4.48. The van der Waals surface area contributed by atoms with Gasteiger partial charge >= 0.3 is 6.18 Å². The van der Waals surface area contributed by atoms with E-state index in [1.165, 1.54) is 19.6 Å². The van der Waals surface area contributed by atoms with Crippen LogP contribution in [0.1, 0.15) is 6.92 Å². The fourth-order valence-corrected chi connectivity index (χ4v) is 2.14. The Labute approximate surface area is 144 Å². The molecule has 1 atom stereocenters. The topological polar surface area (TPSA) is 121 Å². The van der Waals surface area contributed by atoms with E-state index >= 15 is 0 Å². The Bertz CT molecular complexity index is 926. The maximum atomic E-state index is 12.2. The number of fused-ring (bicyclic) bond motifs is 1. The number of aromatic nitrogens is 6. The lowest BCUT2D eigenvalue weighted by Gasteiger charge is -2.15. The van der Waals surface area contributed by atoms with Gasteiger partial charge in [0.2, 0.25) is 11.9 Å². The molecule has 0 bridgehead atoms. The lowest BCUT2D eigenvalue weighted by molar-refractivity contribution is -0.138. The van der Waals surface area contributed by atoms with Gasteiger partial charge in [-0.05, 0) is 6.92 Å². The monoisotopic (exact) mass is 366 g/mol.